The lowest BCUT2D eigenvalue weighted by atomic mass is 9.70. The molecule has 2 unspecified atom stereocenters. The molecule has 0 aliphatic heterocycles. The van der Waals surface area contributed by atoms with E-state index in [-0.39, 0.29) is 18.0 Å². The minimum absolute atomic E-state index is 0.0368. The molecule has 0 radical (unpaired) electrons. The van der Waals surface area contributed by atoms with Gasteiger partial charge >= 0.3 is 5.97 Å². The Bertz CT molecular complexity index is 498. The Morgan fingerprint density at radius 3 is 2.48 bits per heavy atom. The van der Waals surface area contributed by atoms with Gasteiger partial charge in [0.2, 0.25) is 0 Å². The highest BCUT2D eigenvalue weighted by Gasteiger charge is 2.35. The van der Waals surface area contributed by atoms with Gasteiger partial charge < -0.3 is 10.0 Å². The van der Waals surface area contributed by atoms with Gasteiger partial charge in [0.1, 0.15) is 6.54 Å². The van der Waals surface area contributed by atoms with Gasteiger partial charge in [-0.05, 0) is 54.9 Å². The first kappa shape index (κ1) is 16.2. The topological polar surface area (TPSA) is 40.5 Å². The van der Waals surface area contributed by atoms with Gasteiger partial charge in [0, 0.05) is 16.8 Å². The lowest BCUT2D eigenvalue weighted by molar-refractivity contribution is -0.135. The number of nitrogens with zero attached hydrogens (tertiary/aromatic N) is 1. The predicted octanol–water partition coefficient (Wildman–Crippen LogP) is 4.45. The molecule has 1 aromatic rings. The highest BCUT2D eigenvalue weighted by molar-refractivity contribution is 6.30. The number of carbonyl (C=O) groups is 1. The van der Waals surface area contributed by atoms with Crippen molar-refractivity contribution in [2.45, 2.75) is 46.1 Å². The molecule has 1 aliphatic rings. The molecule has 1 aromatic carbocycles. The minimum atomic E-state index is -0.791. The maximum absolute atomic E-state index is 11.3. The normalized spacial score (nSPS) is 24.6. The molecule has 21 heavy (non-hydrogen) atoms. The third-order valence-electron chi connectivity index (χ3n) is 4.27. The van der Waals surface area contributed by atoms with Gasteiger partial charge in [-0.3, -0.25) is 4.79 Å². The predicted molar refractivity (Wildman–Crippen MR) is 87.0 cm³/mol. The van der Waals surface area contributed by atoms with Crippen molar-refractivity contribution < 1.29 is 9.90 Å². The van der Waals surface area contributed by atoms with Crippen molar-refractivity contribution >= 4 is 23.3 Å². The molecule has 3 nitrogen and oxygen atoms in total. The molecule has 0 heterocycles. The van der Waals surface area contributed by atoms with Crippen molar-refractivity contribution in [3.05, 3.63) is 29.3 Å². The van der Waals surface area contributed by atoms with E-state index in [1.165, 1.54) is 6.42 Å². The number of anilines is 1. The second kappa shape index (κ2) is 6.27. The summed E-state index contributed by atoms with van der Waals surface area (Å²) in [6.45, 7) is 6.84. The summed E-state index contributed by atoms with van der Waals surface area (Å²) in [7, 11) is 0. The Morgan fingerprint density at radius 1 is 1.33 bits per heavy atom. The van der Waals surface area contributed by atoms with Crippen LogP contribution >= 0.6 is 11.6 Å². The first-order valence-electron chi connectivity index (χ1n) is 7.51. The zero-order chi connectivity index (χ0) is 15.6. The zero-order valence-corrected chi connectivity index (χ0v) is 13.7. The van der Waals surface area contributed by atoms with Crippen LogP contribution in [0.15, 0.2) is 24.3 Å². The van der Waals surface area contributed by atoms with Crippen molar-refractivity contribution in [2.24, 2.45) is 11.3 Å². The van der Waals surface area contributed by atoms with Gasteiger partial charge in [-0.1, -0.05) is 32.4 Å². The van der Waals surface area contributed by atoms with Crippen LogP contribution in [0.3, 0.4) is 0 Å². The zero-order valence-electron chi connectivity index (χ0n) is 13.0. The van der Waals surface area contributed by atoms with Crippen molar-refractivity contribution in [3.63, 3.8) is 0 Å². The van der Waals surface area contributed by atoms with E-state index in [1.54, 1.807) is 0 Å². The molecule has 0 aromatic heterocycles. The van der Waals surface area contributed by atoms with E-state index >= 15 is 0 Å². The maximum atomic E-state index is 11.3. The fourth-order valence-corrected chi connectivity index (χ4v) is 3.87. The minimum Gasteiger partial charge on any atom is -0.480 e. The number of hydrogen-bond donors (Lipinski definition) is 1. The second-order valence-electron chi connectivity index (χ2n) is 7.07. The van der Waals surface area contributed by atoms with Gasteiger partial charge in [-0.2, -0.15) is 0 Å². The van der Waals surface area contributed by atoms with Gasteiger partial charge in [0.05, 0.1) is 0 Å². The molecule has 2 atom stereocenters. The third-order valence-corrected chi connectivity index (χ3v) is 4.52. The molecule has 0 amide bonds. The quantitative estimate of drug-likeness (QED) is 0.893. The van der Waals surface area contributed by atoms with E-state index in [9.17, 15) is 9.90 Å². The van der Waals surface area contributed by atoms with Crippen LogP contribution in [0.4, 0.5) is 5.69 Å². The van der Waals surface area contributed by atoms with E-state index in [0.717, 1.165) is 18.5 Å². The molecule has 0 bridgehead atoms. The Morgan fingerprint density at radius 2 is 1.95 bits per heavy atom. The summed E-state index contributed by atoms with van der Waals surface area (Å²) in [6.07, 6.45) is 3.26. The van der Waals surface area contributed by atoms with Crippen LogP contribution in [0.2, 0.25) is 5.02 Å². The maximum Gasteiger partial charge on any atom is 0.323 e. The molecule has 1 aliphatic carbocycles. The van der Waals surface area contributed by atoms with Gasteiger partial charge in [-0.25, -0.2) is 0 Å². The SMILES string of the molecule is CC1CC(N(CC(=O)O)c2ccc(Cl)cc2)CC(C)(C)C1. The largest absolute Gasteiger partial charge is 0.480 e. The van der Waals surface area contributed by atoms with E-state index in [2.05, 4.69) is 20.8 Å². The number of carboxylic acid groups (broad SMARTS) is 1. The summed E-state index contributed by atoms with van der Waals surface area (Å²) in [5.41, 5.74) is 1.20. The van der Waals surface area contributed by atoms with E-state index < -0.39 is 5.97 Å². The summed E-state index contributed by atoms with van der Waals surface area (Å²) in [4.78, 5) is 13.3. The summed E-state index contributed by atoms with van der Waals surface area (Å²) >= 11 is 5.94. The molecular formula is C17H24ClNO2. The molecule has 1 fully saturated rings. The van der Waals surface area contributed by atoms with Gasteiger partial charge in [0.15, 0.2) is 0 Å². The van der Waals surface area contributed by atoms with Crippen molar-refractivity contribution in [3.8, 4) is 0 Å². The molecule has 116 valence electrons. The Labute approximate surface area is 131 Å². The molecular weight excluding hydrogens is 286 g/mol. The first-order chi connectivity index (χ1) is 9.77. The number of halogens is 1. The van der Waals surface area contributed by atoms with Crippen LogP contribution in [0, 0.1) is 11.3 Å². The molecule has 1 N–H and O–H groups in total. The smallest absolute Gasteiger partial charge is 0.323 e. The standard InChI is InChI=1S/C17H24ClNO2/c1-12-8-15(10-17(2,3)9-12)19(11-16(20)21)14-6-4-13(18)5-7-14/h4-7,12,15H,8-11H2,1-3H3,(H,20,21). The monoisotopic (exact) mass is 309 g/mol. The fourth-order valence-electron chi connectivity index (χ4n) is 3.74. The lowest BCUT2D eigenvalue weighted by Gasteiger charge is -2.44. The Balaban J connectivity index is 2.27. The van der Waals surface area contributed by atoms with Crippen molar-refractivity contribution in [1.29, 1.82) is 0 Å². The molecule has 2 rings (SSSR count). The van der Waals surface area contributed by atoms with E-state index in [4.69, 9.17) is 11.6 Å². The van der Waals surface area contributed by atoms with Crippen LogP contribution in [0.5, 0.6) is 0 Å². The lowest BCUT2D eigenvalue weighted by Crippen LogP contribution is -2.45. The number of rotatable bonds is 4. The number of aliphatic carboxylic acids is 1. The highest BCUT2D eigenvalue weighted by atomic mass is 35.5. The first-order valence-corrected chi connectivity index (χ1v) is 7.89. The number of hydrogen-bond acceptors (Lipinski definition) is 2. The van der Waals surface area contributed by atoms with Crippen LogP contribution in [-0.4, -0.2) is 23.7 Å². The van der Waals surface area contributed by atoms with Crippen LogP contribution in [0.25, 0.3) is 0 Å². The molecule has 1 saturated carbocycles. The van der Waals surface area contributed by atoms with Crippen LogP contribution in [0.1, 0.15) is 40.0 Å². The number of carboxylic acids is 1. The average Bonchev–Trinajstić information content (AvgIpc) is 2.34. The van der Waals surface area contributed by atoms with E-state index in [1.807, 2.05) is 29.2 Å². The number of benzene rings is 1. The second-order valence-corrected chi connectivity index (χ2v) is 7.50. The molecule has 0 saturated heterocycles. The molecule has 4 heteroatoms. The van der Waals surface area contributed by atoms with Gasteiger partial charge in [0.25, 0.3) is 0 Å². The Hall–Kier alpha value is -1.22. The molecule has 0 spiro atoms. The van der Waals surface area contributed by atoms with Crippen molar-refractivity contribution in [2.75, 3.05) is 11.4 Å². The van der Waals surface area contributed by atoms with Crippen LogP contribution < -0.4 is 4.90 Å². The summed E-state index contributed by atoms with van der Waals surface area (Å²) in [5.74, 6) is -0.177. The Kier molecular flexibility index (Phi) is 4.82. The van der Waals surface area contributed by atoms with Crippen molar-refractivity contribution in [1.82, 2.24) is 0 Å². The summed E-state index contributed by atoms with van der Waals surface area (Å²) < 4.78 is 0. The average molecular weight is 310 g/mol. The van der Waals surface area contributed by atoms with Gasteiger partial charge in [-0.15, -0.1) is 0 Å². The van der Waals surface area contributed by atoms with Crippen LogP contribution in [-0.2, 0) is 4.79 Å². The third kappa shape index (κ3) is 4.37. The fraction of sp³-hybridized carbons (Fsp3) is 0.588. The summed E-state index contributed by atoms with van der Waals surface area (Å²) in [6, 6.07) is 7.74. The summed E-state index contributed by atoms with van der Waals surface area (Å²) in [5, 5.41) is 9.93. The highest BCUT2D eigenvalue weighted by Crippen LogP contribution is 2.41. The van der Waals surface area contributed by atoms with E-state index in [0.29, 0.717) is 10.9 Å².